The van der Waals surface area contributed by atoms with Gasteiger partial charge in [-0.1, -0.05) is 0 Å². The average molecular weight is 239 g/mol. The smallest absolute Gasteiger partial charge is 0.244 e. The van der Waals surface area contributed by atoms with Crippen molar-refractivity contribution in [1.29, 1.82) is 0 Å². The van der Waals surface area contributed by atoms with E-state index in [1.54, 1.807) is 6.92 Å². The molecule has 0 amide bonds. The van der Waals surface area contributed by atoms with Crippen molar-refractivity contribution >= 4 is 5.95 Å². The highest BCUT2D eigenvalue weighted by Gasteiger charge is 2.19. The second kappa shape index (κ2) is 5.46. The first-order chi connectivity index (χ1) is 8.15. The number of nitrogens with zero attached hydrogens (tertiary/aromatic N) is 3. The van der Waals surface area contributed by atoms with Crippen LogP contribution < -0.4 is 10.2 Å². The number of hydrogen-bond donors (Lipinski definition) is 3. The van der Waals surface area contributed by atoms with Crippen LogP contribution in [-0.4, -0.2) is 52.1 Å². The Morgan fingerprint density at radius 2 is 2.41 bits per heavy atom. The first-order valence-electron chi connectivity index (χ1n) is 6.23. The molecule has 1 aromatic rings. The lowest BCUT2D eigenvalue weighted by Crippen LogP contribution is -2.49. The van der Waals surface area contributed by atoms with E-state index in [1.165, 1.54) is 0 Å². The summed E-state index contributed by atoms with van der Waals surface area (Å²) in [5.74, 6) is 1.63. The van der Waals surface area contributed by atoms with Gasteiger partial charge in [-0.3, -0.25) is 5.10 Å². The molecule has 0 radical (unpaired) electrons. The maximum absolute atomic E-state index is 9.22. The van der Waals surface area contributed by atoms with Crippen LogP contribution in [0, 0.1) is 0 Å². The third-order valence-corrected chi connectivity index (χ3v) is 2.97. The fourth-order valence-corrected chi connectivity index (χ4v) is 2.00. The van der Waals surface area contributed by atoms with Crippen molar-refractivity contribution in [2.45, 2.75) is 38.8 Å². The molecule has 6 heteroatoms. The second-order valence-electron chi connectivity index (χ2n) is 4.77. The van der Waals surface area contributed by atoms with E-state index in [1.807, 2.05) is 0 Å². The van der Waals surface area contributed by atoms with Crippen molar-refractivity contribution in [3.63, 3.8) is 0 Å². The zero-order valence-corrected chi connectivity index (χ0v) is 10.5. The van der Waals surface area contributed by atoms with E-state index in [-0.39, 0.29) is 6.10 Å². The van der Waals surface area contributed by atoms with Crippen LogP contribution in [0.5, 0.6) is 0 Å². The van der Waals surface area contributed by atoms with Crippen LogP contribution in [0.15, 0.2) is 0 Å². The van der Waals surface area contributed by atoms with Gasteiger partial charge in [-0.2, -0.15) is 4.98 Å². The largest absolute Gasteiger partial charge is 0.393 e. The van der Waals surface area contributed by atoms with Gasteiger partial charge >= 0.3 is 0 Å². The number of aliphatic hydroxyl groups is 1. The summed E-state index contributed by atoms with van der Waals surface area (Å²) in [6, 6.07) is 0.475. The Hall–Kier alpha value is -1.14. The summed E-state index contributed by atoms with van der Waals surface area (Å²) in [4.78, 5) is 6.64. The van der Waals surface area contributed by atoms with Gasteiger partial charge in [-0.15, -0.1) is 5.10 Å². The molecule has 0 aliphatic carbocycles. The van der Waals surface area contributed by atoms with Gasteiger partial charge in [0, 0.05) is 32.1 Å². The monoisotopic (exact) mass is 239 g/mol. The Bertz CT molecular complexity index is 351. The summed E-state index contributed by atoms with van der Waals surface area (Å²) in [6.07, 6.45) is 1.17. The van der Waals surface area contributed by atoms with Crippen LogP contribution in [0.2, 0.25) is 0 Å². The second-order valence-corrected chi connectivity index (χ2v) is 4.77. The SMILES string of the molecule is CC(O)CCc1nc(N2CCN[C@H](C)C2)n[nH]1. The van der Waals surface area contributed by atoms with E-state index in [4.69, 9.17) is 0 Å². The molecule has 0 bridgehead atoms. The van der Waals surface area contributed by atoms with Gasteiger partial charge in [0.25, 0.3) is 0 Å². The summed E-state index contributed by atoms with van der Waals surface area (Å²) >= 11 is 0. The molecule has 1 saturated heterocycles. The summed E-state index contributed by atoms with van der Waals surface area (Å²) in [7, 11) is 0. The van der Waals surface area contributed by atoms with Gasteiger partial charge in [0.1, 0.15) is 5.82 Å². The Balaban J connectivity index is 1.92. The molecular formula is C11H21N5O. The standard InChI is InChI=1S/C11H21N5O/c1-8-7-16(6-5-12-8)11-13-10(14-15-11)4-3-9(2)17/h8-9,12,17H,3-7H2,1-2H3,(H,13,14,15)/t8-,9?/m1/s1. The molecule has 0 saturated carbocycles. The van der Waals surface area contributed by atoms with Gasteiger partial charge < -0.3 is 15.3 Å². The summed E-state index contributed by atoms with van der Waals surface area (Å²) in [6.45, 7) is 6.80. The minimum atomic E-state index is -0.289. The minimum Gasteiger partial charge on any atom is -0.393 e. The zero-order valence-electron chi connectivity index (χ0n) is 10.5. The number of nitrogens with one attached hydrogen (secondary N) is 2. The van der Waals surface area contributed by atoms with Crippen LogP contribution in [-0.2, 0) is 6.42 Å². The van der Waals surface area contributed by atoms with Gasteiger partial charge in [-0.25, -0.2) is 0 Å². The molecule has 6 nitrogen and oxygen atoms in total. The van der Waals surface area contributed by atoms with Crippen molar-refractivity contribution in [1.82, 2.24) is 20.5 Å². The summed E-state index contributed by atoms with van der Waals surface area (Å²) in [5.41, 5.74) is 0. The Kier molecular flexibility index (Phi) is 3.96. The molecule has 96 valence electrons. The Morgan fingerprint density at radius 3 is 3.12 bits per heavy atom. The number of rotatable bonds is 4. The fraction of sp³-hybridized carbons (Fsp3) is 0.818. The van der Waals surface area contributed by atoms with Crippen molar-refractivity contribution in [2.24, 2.45) is 0 Å². The molecule has 3 N–H and O–H groups in total. The van der Waals surface area contributed by atoms with Gasteiger partial charge in [0.15, 0.2) is 0 Å². The number of anilines is 1. The van der Waals surface area contributed by atoms with Crippen LogP contribution in [0.3, 0.4) is 0 Å². The van der Waals surface area contributed by atoms with Crippen LogP contribution >= 0.6 is 0 Å². The lowest BCUT2D eigenvalue weighted by atomic mass is 10.2. The molecule has 0 aromatic carbocycles. The predicted octanol–water partition coefficient (Wildman–Crippen LogP) is -0.0838. The molecule has 1 fully saturated rings. The molecule has 1 unspecified atom stereocenters. The zero-order chi connectivity index (χ0) is 12.3. The van der Waals surface area contributed by atoms with E-state index >= 15 is 0 Å². The first-order valence-corrected chi connectivity index (χ1v) is 6.23. The molecule has 1 aliphatic heterocycles. The van der Waals surface area contributed by atoms with Crippen molar-refractivity contribution < 1.29 is 5.11 Å². The van der Waals surface area contributed by atoms with Crippen LogP contribution in [0.4, 0.5) is 5.95 Å². The van der Waals surface area contributed by atoms with Gasteiger partial charge in [-0.05, 0) is 20.3 Å². The van der Waals surface area contributed by atoms with Crippen LogP contribution in [0.25, 0.3) is 0 Å². The molecule has 0 spiro atoms. The molecule has 2 heterocycles. The molecule has 1 aliphatic rings. The van der Waals surface area contributed by atoms with E-state index in [0.29, 0.717) is 12.5 Å². The number of hydrogen-bond acceptors (Lipinski definition) is 5. The number of aryl methyl sites for hydroxylation is 1. The number of aromatic amines is 1. The Labute approximate surface area is 101 Å². The fourth-order valence-electron chi connectivity index (χ4n) is 2.00. The molecule has 2 rings (SSSR count). The van der Waals surface area contributed by atoms with E-state index in [0.717, 1.165) is 37.8 Å². The summed E-state index contributed by atoms with van der Waals surface area (Å²) < 4.78 is 0. The Morgan fingerprint density at radius 1 is 1.59 bits per heavy atom. The number of piperazine rings is 1. The van der Waals surface area contributed by atoms with Gasteiger partial charge in [0.2, 0.25) is 5.95 Å². The molecular weight excluding hydrogens is 218 g/mol. The summed E-state index contributed by atoms with van der Waals surface area (Å²) in [5, 5.41) is 19.8. The number of aliphatic hydroxyl groups excluding tert-OH is 1. The third kappa shape index (κ3) is 3.41. The topological polar surface area (TPSA) is 77.1 Å². The normalized spacial score (nSPS) is 22.8. The maximum Gasteiger partial charge on any atom is 0.244 e. The first kappa shape index (κ1) is 12.3. The minimum absolute atomic E-state index is 0.289. The van der Waals surface area contributed by atoms with E-state index in [2.05, 4.69) is 32.3 Å². The molecule has 2 atom stereocenters. The van der Waals surface area contributed by atoms with E-state index < -0.39 is 0 Å². The average Bonchev–Trinajstić information content (AvgIpc) is 2.75. The van der Waals surface area contributed by atoms with Crippen LogP contribution in [0.1, 0.15) is 26.1 Å². The molecule has 17 heavy (non-hydrogen) atoms. The third-order valence-electron chi connectivity index (χ3n) is 2.97. The predicted molar refractivity (Wildman–Crippen MR) is 66.1 cm³/mol. The number of H-pyrrole nitrogens is 1. The van der Waals surface area contributed by atoms with Gasteiger partial charge in [0.05, 0.1) is 6.10 Å². The highest BCUT2D eigenvalue weighted by Crippen LogP contribution is 2.11. The molecule has 1 aromatic heterocycles. The number of aromatic nitrogens is 3. The van der Waals surface area contributed by atoms with Crippen molar-refractivity contribution in [2.75, 3.05) is 24.5 Å². The lowest BCUT2D eigenvalue weighted by molar-refractivity contribution is 0.184. The maximum atomic E-state index is 9.22. The quantitative estimate of drug-likeness (QED) is 0.685. The highest BCUT2D eigenvalue weighted by atomic mass is 16.3. The highest BCUT2D eigenvalue weighted by molar-refractivity contribution is 5.30. The van der Waals surface area contributed by atoms with Crippen molar-refractivity contribution in [3.8, 4) is 0 Å². The lowest BCUT2D eigenvalue weighted by Gasteiger charge is -2.30. The van der Waals surface area contributed by atoms with Crippen molar-refractivity contribution in [3.05, 3.63) is 5.82 Å². The van der Waals surface area contributed by atoms with E-state index in [9.17, 15) is 5.11 Å².